The lowest BCUT2D eigenvalue weighted by Crippen LogP contribution is -2.40. The number of hydrogen-bond donors (Lipinski definition) is 1. The predicted octanol–water partition coefficient (Wildman–Crippen LogP) is 2.74. The van der Waals surface area contributed by atoms with Gasteiger partial charge in [-0.3, -0.25) is 4.79 Å². The zero-order chi connectivity index (χ0) is 14.8. The molecule has 6 heteroatoms. The number of aromatic nitrogens is 1. The summed E-state index contributed by atoms with van der Waals surface area (Å²) in [5.74, 6) is -0.0848. The molecule has 0 aromatic carbocycles. The maximum atomic E-state index is 12.4. The number of nitrogens with zero attached hydrogens (tertiary/aromatic N) is 2. The largest absolute Gasteiger partial charge is 0.476 e. The number of carboxylic acid groups (broad SMARTS) is 1. The second-order valence-corrected chi connectivity index (χ2v) is 6.85. The fourth-order valence-electron chi connectivity index (χ4n) is 3.35. The summed E-state index contributed by atoms with van der Waals surface area (Å²) in [4.78, 5) is 29.4. The number of aromatic carboxylic acids is 1. The number of hydrogen-bond acceptors (Lipinski definition) is 4. The fraction of sp³-hybridized carbons (Fsp3) is 0.667. The van der Waals surface area contributed by atoms with Gasteiger partial charge in [-0.05, 0) is 25.7 Å². The van der Waals surface area contributed by atoms with E-state index in [-0.39, 0.29) is 11.6 Å². The van der Waals surface area contributed by atoms with Crippen molar-refractivity contribution in [1.29, 1.82) is 0 Å². The Kier molecular flexibility index (Phi) is 4.24. The molecule has 0 spiro atoms. The molecule has 1 aliphatic carbocycles. The first-order chi connectivity index (χ1) is 10.1. The van der Waals surface area contributed by atoms with E-state index in [9.17, 15) is 9.59 Å². The van der Waals surface area contributed by atoms with Crippen molar-refractivity contribution in [3.05, 3.63) is 16.1 Å². The molecule has 0 radical (unpaired) electrons. The van der Waals surface area contributed by atoms with Crippen LogP contribution in [0.1, 0.15) is 59.9 Å². The lowest BCUT2D eigenvalue weighted by Gasteiger charge is -2.32. The average molecular weight is 308 g/mol. The number of carboxylic acids is 1. The lowest BCUT2D eigenvalue weighted by molar-refractivity contribution is -0.136. The number of carbonyl (C=O) groups excluding carboxylic acids is 1. The standard InChI is InChI=1S/C15H20N2O3S/c18-14(11-3-1-2-4-11)17-7-5-10(6-8-17)13-16-12(9-21-13)15(19)20/h9-11H,1-8H2,(H,19,20). The average Bonchev–Trinajstić information content (AvgIpc) is 3.18. The fourth-order valence-corrected chi connectivity index (χ4v) is 4.32. The van der Waals surface area contributed by atoms with Gasteiger partial charge in [-0.15, -0.1) is 11.3 Å². The molecule has 1 aromatic rings. The van der Waals surface area contributed by atoms with Crippen LogP contribution in [0.5, 0.6) is 0 Å². The Morgan fingerprint density at radius 2 is 1.86 bits per heavy atom. The van der Waals surface area contributed by atoms with Crippen molar-refractivity contribution >= 4 is 23.2 Å². The Balaban J connectivity index is 1.56. The van der Waals surface area contributed by atoms with Crippen LogP contribution in [-0.4, -0.2) is 40.0 Å². The van der Waals surface area contributed by atoms with Crippen LogP contribution in [0.4, 0.5) is 0 Å². The van der Waals surface area contributed by atoms with Crippen LogP contribution < -0.4 is 0 Å². The summed E-state index contributed by atoms with van der Waals surface area (Å²) < 4.78 is 0. The molecule has 1 amide bonds. The molecule has 1 saturated heterocycles. The molecule has 21 heavy (non-hydrogen) atoms. The van der Waals surface area contributed by atoms with Crippen LogP contribution in [0, 0.1) is 5.92 Å². The van der Waals surface area contributed by atoms with Crippen molar-refractivity contribution < 1.29 is 14.7 Å². The van der Waals surface area contributed by atoms with Crippen LogP contribution in [0.3, 0.4) is 0 Å². The number of amides is 1. The smallest absolute Gasteiger partial charge is 0.355 e. The van der Waals surface area contributed by atoms with E-state index in [4.69, 9.17) is 5.11 Å². The molecule has 0 unspecified atom stereocenters. The summed E-state index contributed by atoms with van der Waals surface area (Å²) in [5, 5.41) is 11.4. The molecule has 3 rings (SSSR count). The molecular formula is C15H20N2O3S. The Labute approximate surface area is 128 Å². The first-order valence-electron chi connectivity index (χ1n) is 7.62. The summed E-state index contributed by atoms with van der Waals surface area (Å²) in [5.41, 5.74) is 0.138. The maximum Gasteiger partial charge on any atom is 0.355 e. The minimum Gasteiger partial charge on any atom is -0.476 e. The van der Waals surface area contributed by atoms with Gasteiger partial charge >= 0.3 is 5.97 Å². The van der Waals surface area contributed by atoms with E-state index in [0.717, 1.165) is 43.8 Å². The van der Waals surface area contributed by atoms with Crippen molar-refractivity contribution in [2.75, 3.05) is 13.1 Å². The van der Waals surface area contributed by atoms with Gasteiger partial charge in [0.05, 0.1) is 5.01 Å². The molecule has 0 bridgehead atoms. The van der Waals surface area contributed by atoms with Gasteiger partial charge in [-0.25, -0.2) is 9.78 Å². The first kappa shape index (κ1) is 14.5. The Morgan fingerprint density at radius 3 is 2.43 bits per heavy atom. The number of piperidine rings is 1. The molecule has 5 nitrogen and oxygen atoms in total. The van der Waals surface area contributed by atoms with Crippen LogP contribution >= 0.6 is 11.3 Å². The molecule has 2 fully saturated rings. The second-order valence-electron chi connectivity index (χ2n) is 5.96. The zero-order valence-corrected chi connectivity index (χ0v) is 12.8. The minimum atomic E-state index is -0.966. The van der Waals surface area contributed by atoms with Gasteiger partial charge in [0.25, 0.3) is 0 Å². The molecule has 2 heterocycles. The number of thiazole rings is 1. The van der Waals surface area contributed by atoms with Crippen LogP contribution in [0.2, 0.25) is 0 Å². The third kappa shape index (κ3) is 3.10. The summed E-state index contributed by atoms with van der Waals surface area (Å²) in [6.45, 7) is 1.56. The Hall–Kier alpha value is -1.43. The van der Waals surface area contributed by atoms with Gasteiger partial charge in [0.1, 0.15) is 0 Å². The van der Waals surface area contributed by atoms with Gasteiger partial charge in [-0.2, -0.15) is 0 Å². The second kappa shape index (κ2) is 6.13. The van der Waals surface area contributed by atoms with E-state index < -0.39 is 5.97 Å². The molecule has 1 aromatic heterocycles. The summed E-state index contributed by atoms with van der Waals surface area (Å²) in [7, 11) is 0. The highest BCUT2D eigenvalue weighted by molar-refractivity contribution is 7.09. The molecule has 114 valence electrons. The lowest BCUT2D eigenvalue weighted by atomic mass is 9.96. The highest BCUT2D eigenvalue weighted by atomic mass is 32.1. The molecular weight excluding hydrogens is 288 g/mol. The molecule has 2 aliphatic rings. The summed E-state index contributed by atoms with van der Waals surface area (Å²) in [6.07, 6.45) is 6.25. The molecule has 0 atom stereocenters. The molecule has 1 saturated carbocycles. The van der Waals surface area contributed by atoms with Crippen molar-refractivity contribution in [1.82, 2.24) is 9.88 Å². The van der Waals surface area contributed by atoms with E-state index in [1.807, 2.05) is 4.90 Å². The third-order valence-corrected chi connectivity index (χ3v) is 5.61. The highest BCUT2D eigenvalue weighted by Gasteiger charge is 2.31. The van der Waals surface area contributed by atoms with E-state index in [0.29, 0.717) is 11.8 Å². The quantitative estimate of drug-likeness (QED) is 0.932. The van der Waals surface area contributed by atoms with Crippen molar-refractivity contribution in [2.45, 2.75) is 44.4 Å². The Bertz CT molecular complexity index is 529. The van der Waals surface area contributed by atoms with Crippen LogP contribution in [-0.2, 0) is 4.79 Å². The highest BCUT2D eigenvalue weighted by Crippen LogP contribution is 2.33. The van der Waals surface area contributed by atoms with Crippen molar-refractivity contribution in [2.24, 2.45) is 5.92 Å². The normalized spacial score (nSPS) is 20.9. The summed E-state index contributed by atoms with van der Waals surface area (Å²) in [6, 6.07) is 0. The van der Waals surface area contributed by atoms with Gasteiger partial charge in [0.2, 0.25) is 5.91 Å². The number of carbonyl (C=O) groups is 2. The topological polar surface area (TPSA) is 70.5 Å². The van der Waals surface area contributed by atoms with Crippen molar-refractivity contribution in [3.63, 3.8) is 0 Å². The van der Waals surface area contributed by atoms with Gasteiger partial charge < -0.3 is 10.0 Å². The molecule has 1 aliphatic heterocycles. The predicted molar refractivity (Wildman–Crippen MR) is 79.6 cm³/mol. The monoisotopic (exact) mass is 308 g/mol. The van der Waals surface area contributed by atoms with E-state index >= 15 is 0 Å². The van der Waals surface area contributed by atoms with E-state index in [1.54, 1.807) is 5.38 Å². The summed E-state index contributed by atoms with van der Waals surface area (Å²) >= 11 is 1.42. The van der Waals surface area contributed by atoms with E-state index in [1.165, 1.54) is 24.2 Å². The number of likely N-dealkylation sites (tertiary alicyclic amines) is 1. The van der Waals surface area contributed by atoms with E-state index in [2.05, 4.69) is 4.98 Å². The first-order valence-corrected chi connectivity index (χ1v) is 8.50. The van der Waals surface area contributed by atoms with Crippen LogP contribution in [0.25, 0.3) is 0 Å². The van der Waals surface area contributed by atoms with Gasteiger partial charge in [0.15, 0.2) is 5.69 Å². The SMILES string of the molecule is O=C(O)c1csc(C2CCN(C(=O)C3CCCC3)CC2)n1. The van der Waals surface area contributed by atoms with Gasteiger partial charge in [0, 0.05) is 30.3 Å². The molecule has 1 N–H and O–H groups in total. The van der Waals surface area contributed by atoms with Crippen molar-refractivity contribution in [3.8, 4) is 0 Å². The maximum absolute atomic E-state index is 12.4. The van der Waals surface area contributed by atoms with Gasteiger partial charge in [-0.1, -0.05) is 12.8 Å². The minimum absolute atomic E-state index is 0.138. The van der Waals surface area contributed by atoms with Crippen LogP contribution in [0.15, 0.2) is 5.38 Å². The third-order valence-electron chi connectivity index (χ3n) is 4.60. The Morgan fingerprint density at radius 1 is 1.19 bits per heavy atom. The zero-order valence-electron chi connectivity index (χ0n) is 12.0. The number of rotatable bonds is 3.